The van der Waals surface area contributed by atoms with Gasteiger partial charge in [-0.3, -0.25) is 0 Å². The normalized spacial score (nSPS) is 53.9. The molecule has 7 atom stereocenters. The maximum absolute atomic E-state index is 11.3. The summed E-state index contributed by atoms with van der Waals surface area (Å²) in [4.78, 5) is 0. The average Bonchev–Trinajstić information content (AvgIpc) is 3.39. The highest BCUT2D eigenvalue weighted by Gasteiger charge is 2.69. The Bertz CT molecular complexity index is 639. The Hall–Kier alpha value is -0.200. The standard InChI is InChI=1S/C23H36O5/c1-20-7-8-22(25-9-10-26-22)14-18(20)19(24)13-15-16(20)3-5-21(2)17(15)4-6-23(21)27-11-12-28-23/h15-19,24H,3-14H2,1-2H3/t15?,16?,17?,18?,19-,20+,21-/m0/s1. The van der Waals surface area contributed by atoms with E-state index >= 15 is 0 Å². The minimum atomic E-state index is -0.413. The van der Waals surface area contributed by atoms with Gasteiger partial charge in [0.05, 0.1) is 32.5 Å². The predicted molar refractivity (Wildman–Crippen MR) is 102 cm³/mol. The van der Waals surface area contributed by atoms with Gasteiger partial charge in [0.2, 0.25) is 0 Å². The van der Waals surface area contributed by atoms with Crippen LogP contribution in [0.15, 0.2) is 0 Å². The van der Waals surface area contributed by atoms with Crippen molar-refractivity contribution in [3.8, 4) is 0 Å². The van der Waals surface area contributed by atoms with Crippen LogP contribution >= 0.6 is 0 Å². The van der Waals surface area contributed by atoms with Gasteiger partial charge in [-0.1, -0.05) is 13.8 Å². The molecule has 4 saturated carbocycles. The highest BCUT2D eigenvalue weighted by molar-refractivity contribution is 5.14. The third-order valence-corrected chi connectivity index (χ3v) is 10.3. The molecule has 0 bridgehead atoms. The molecule has 2 spiro atoms. The summed E-state index contributed by atoms with van der Waals surface area (Å²) in [6, 6.07) is 0. The summed E-state index contributed by atoms with van der Waals surface area (Å²) < 4.78 is 24.6. The highest BCUT2D eigenvalue weighted by atomic mass is 16.7. The van der Waals surface area contributed by atoms with Crippen molar-refractivity contribution >= 4 is 0 Å². The number of fused-ring (bicyclic) bond motifs is 6. The lowest BCUT2D eigenvalue weighted by Crippen LogP contribution is -2.61. The van der Waals surface area contributed by atoms with Gasteiger partial charge in [0, 0.05) is 24.7 Å². The zero-order valence-corrected chi connectivity index (χ0v) is 17.5. The molecule has 6 aliphatic rings. The summed E-state index contributed by atoms with van der Waals surface area (Å²) in [6.45, 7) is 7.77. The molecule has 5 nitrogen and oxygen atoms in total. The smallest absolute Gasteiger partial charge is 0.174 e. The summed E-state index contributed by atoms with van der Waals surface area (Å²) in [6.07, 6.45) is 8.27. The summed E-state index contributed by atoms with van der Waals surface area (Å²) in [7, 11) is 0. The van der Waals surface area contributed by atoms with E-state index < -0.39 is 5.79 Å². The minimum absolute atomic E-state index is 0.0984. The predicted octanol–water partition coefficient (Wildman–Crippen LogP) is 3.49. The van der Waals surface area contributed by atoms with E-state index in [1.807, 2.05) is 0 Å². The molecule has 1 N–H and O–H groups in total. The van der Waals surface area contributed by atoms with Crippen LogP contribution in [0.5, 0.6) is 0 Å². The lowest BCUT2D eigenvalue weighted by Gasteiger charge is -2.63. The first-order valence-corrected chi connectivity index (χ1v) is 11.7. The van der Waals surface area contributed by atoms with Crippen molar-refractivity contribution in [3.63, 3.8) is 0 Å². The number of rotatable bonds is 0. The Kier molecular flexibility index (Phi) is 3.94. The van der Waals surface area contributed by atoms with Crippen molar-refractivity contribution in [2.75, 3.05) is 26.4 Å². The fraction of sp³-hybridized carbons (Fsp3) is 1.00. The molecule has 4 unspecified atom stereocenters. The molecule has 0 aromatic heterocycles. The lowest BCUT2D eigenvalue weighted by atomic mass is 9.44. The van der Waals surface area contributed by atoms with Crippen molar-refractivity contribution in [1.82, 2.24) is 0 Å². The quantitative estimate of drug-likeness (QED) is 0.684. The largest absolute Gasteiger partial charge is 0.393 e. The van der Waals surface area contributed by atoms with Crippen molar-refractivity contribution in [2.24, 2.45) is 34.5 Å². The summed E-state index contributed by atoms with van der Waals surface area (Å²) in [5, 5.41) is 11.3. The third kappa shape index (κ3) is 2.21. The molecule has 0 amide bonds. The molecular weight excluding hydrogens is 356 g/mol. The van der Waals surface area contributed by atoms with E-state index in [9.17, 15) is 5.11 Å². The second-order valence-electron chi connectivity index (χ2n) is 11.0. The zero-order chi connectivity index (χ0) is 19.2. The first kappa shape index (κ1) is 18.6. The molecular formula is C23H36O5. The number of aliphatic hydroxyl groups excluding tert-OH is 1. The van der Waals surface area contributed by atoms with E-state index in [2.05, 4.69) is 13.8 Å². The van der Waals surface area contributed by atoms with Crippen LogP contribution in [-0.4, -0.2) is 49.2 Å². The summed E-state index contributed by atoms with van der Waals surface area (Å²) in [5.41, 5.74) is 0.290. The Morgan fingerprint density at radius 2 is 1.43 bits per heavy atom. The van der Waals surface area contributed by atoms with E-state index in [4.69, 9.17) is 18.9 Å². The summed E-state index contributed by atoms with van der Waals surface area (Å²) >= 11 is 0. The first-order valence-electron chi connectivity index (χ1n) is 11.7. The number of hydrogen-bond donors (Lipinski definition) is 1. The minimum Gasteiger partial charge on any atom is -0.393 e. The monoisotopic (exact) mass is 392 g/mol. The van der Waals surface area contributed by atoms with Gasteiger partial charge in [0.1, 0.15) is 0 Å². The van der Waals surface area contributed by atoms with E-state index in [1.165, 1.54) is 19.3 Å². The molecule has 6 fully saturated rings. The van der Waals surface area contributed by atoms with Crippen LogP contribution in [-0.2, 0) is 18.9 Å². The Morgan fingerprint density at radius 3 is 2.18 bits per heavy atom. The molecule has 2 saturated heterocycles. The van der Waals surface area contributed by atoms with Gasteiger partial charge in [0.25, 0.3) is 0 Å². The molecule has 6 rings (SSSR count). The van der Waals surface area contributed by atoms with E-state index in [1.54, 1.807) is 0 Å². The lowest BCUT2D eigenvalue weighted by molar-refractivity contribution is -0.269. The highest BCUT2D eigenvalue weighted by Crippen LogP contribution is 2.70. The van der Waals surface area contributed by atoms with Crippen LogP contribution < -0.4 is 0 Å². The molecule has 5 heteroatoms. The van der Waals surface area contributed by atoms with Gasteiger partial charge in [-0.25, -0.2) is 0 Å². The second kappa shape index (κ2) is 5.94. The van der Waals surface area contributed by atoms with E-state index in [0.29, 0.717) is 36.9 Å². The maximum atomic E-state index is 11.3. The van der Waals surface area contributed by atoms with Gasteiger partial charge >= 0.3 is 0 Å². The number of ether oxygens (including phenoxy) is 4. The van der Waals surface area contributed by atoms with Crippen molar-refractivity contribution in [2.45, 2.75) is 82.9 Å². The first-order chi connectivity index (χ1) is 13.4. The topological polar surface area (TPSA) is 57.2 Å². The fourth-order valence-electron chi connectivity index (χ4n) is 8.87. The molecule has 2 heterocycles. The van der Waals surface area contributed by atoms with Crippen molar-refractivity contribution in [3.05, 3.63) is 0 Å². The Balaban J connectivity index is 1.31. The average molecular weight is 393 g/mol. The second-order valence-corrected chi connectivity index (χ2v) is 11.0. The van der Waals surface area contributed by atoms with Gasteiger partial charge < -0.3 is 24.1 Å². The van der Waals surface area contributed by atoms with Crippen LogP contribution in [0.25, 0.3) is 0 Å². The van der Waals surface area contributed by atoms with Gasteiger partial charge in [-0.2, -0.15) is 0 Å². The summed E-state index contributed by atoms with van der Waals surface area (Å²) in [5.74, 6) is 1.40. The van der Waals surface area contributed by atoms with Crippen LogP contribution in [0.1, 0.15) is 65.2 Å². The molecule has 0 aromatic carbocycles. The molecule has 2 aliphatic heterocycles. The fourth-order valence-corrected chi connectivity index (χ4v) is 8.87. The molecule has 4 aliphatic carbocycles. The Morgan fingerprint density at radius 1 is 0.750 bits per heavy atom. The van der Waals surface area contributed by atoms with Gasteiger partial charge in [-0.15, -0.1) is 0 Å². The molecule has 0 radical (unpaired) electrons. The number of hydrogen-bond acceptors (Lipinski definition) is 5. The third-order valence-electron chi connectivity index (χ3n) is 10.3. The van der Waals surface area contributed by atoms with E-state index in [0.717, 1.165) is 45.3 Å². The van der Waals surface area contributed by atoms with Crippen LogP contribution in [0, 0.1) is 34.5 Å². The molecule has 0 aromatic rings. The van der Waals surface area contributed by atoms with E-state index in [-0.39, 0.29) is 22.7 Å². The molecule has 158 valence electrons. The van der Waals surface area contributed by atoms with Crippen LogP contribution in [0.4, 0.5) is 0 Å². The maximum Gasteiger partial charge on any atom is 0.174 e. The Labute approximate surface area is 168 Å². The zero-order valence-electron chi connectivity index (χ0n) is 17.5. The van der Waals surface area contributed by atoms with Crippen molar-refractivity contribution in [1.29, 1.82) is 0 Å². The number of aliphatic hydroxyl groups is 1. The van der Waals surface area contributed by atoms with Crippen LogP contribution in [0.2, 0.25) is 0 Å². The molecule has 28 heavy (non-hydrogen) atoms. The van der Waals surface area contributed by atoms with Gasteiger partial charge in [0.15, 0.2) is 11.6 Å². The van der Waals surface area contributed by atoms with Gasteiger partial charge in [-0.05, 0) is 61.2 Å². The SMILES string of the molecule is C[C@]12CCC3(CC1[C@@H](O)CC1C2CC[C@@]2(C)C1CCC21OCCO1)OCCO3. The van der Waals surface area contributed by atoms with Crippen LogP contribution in [0.3, 0.4) is 0 Å². The van der Waals surface area contributed by atoms with Crippen molar-refractivity contribution < 1.29 is 24.1 Å².